The lowest BCUT2D eigenvalue weighted by Gasteiger charge is -2.24. The second-order valence-corrected chi connectivity index (χ2v) is 6.77. The Labute approximate surface area is 151 Å². The molecule has 26 heavy (non-hydrogen) atoms. The number of carbonyl (C=O) groups is 1. The number of nitrogens with two attached hydrogens (primary N) is 1. The zero-order valence-electron chi connectivity index (χ0n) is 15.1. The van der Waals surface area contributed by atoms with Crippen LogP contribution in [0, 0.1) is 0 Å². The fraction of sp³-hybridized carbons (Fsp3) is 0.444. The Balaban J connectivity index is 1.95. The topological polar surface area (TPSA) is 103 Å². The van der Waals surface area contributed by atoms with Gasteiger partial charge in [-0.25, -0.2) is 4.98 Å². The lowest BCUT2D eigenvalue weighted by Crippen LogP contribution is -2.30. The average molecular weight is 353 g/mol. The molecule has 4 heterocycles. The Bertz CT molecular complexity index is 965. The predicted molar refractivity (Wildman–Crippen MR) is 99.1 cm³/mol. The molecule has 3 N–H and O–H groups in total. The fourth-order valence-electron chi connectivity index (χ4n) is 3.64. The summed E-state index contributed by atoms with van der Waals surface area (Å²) in [6.45, 7) is 3.65. The SMILES string of the molecule is CCC(=O)c1c(C2CCCNC2)nc2c(-c3cnn(C)c3)cnn2c1N. The van der Waals surface area contributed by atoms with Crippen LogP contribution in [0.4, 0.5) is 5.82 Å². The van der Waals surface area contributed by atoms with Crippen LogP contribution in [0.1, 0.15) is 48.2 Å². The predicted octanol–water partition coefficient (Wildman–Crippen LogP) is 1.77. The Morgan fingerprint density at radius 3 is 2.88 bits per heavy atom. The van der Waals surface area contributed by atoms with Crippen LogP contribution in [0.5, 0.6) is 0 Å². The number of hydrogen-bond acceptors (Lipinski definition) is 6. The van der Waals surface area contributed by atoms with Crippen LogP contribution in [0.3, 0.4) is 0 Å². The second-order valence-electron chi connectivity index (χ2n) is 6.77. The van der Waals surface area contributed by atoms with E-state index in [9.17, 15) is 4.79 Å². The number of aromatic nitrogens is 5. The molecule has 0 spiro atoms. The second kappa shape index (κ2) is 6.53. The van der Waals surface area contributed by atoms with E-state index < -0.39 is 0 Å². The Hall–Kier alpha value is -2.74. The number of ketones is 1. The Morgan fingerprint density at radius 2 is 2.23 bits per heavy atom. The number of aryl methyl sites for hydroxylation is 1. The number of nitrogen functional groups attached to an aromatic ring is 1. The molecule has 3 aromatic rings. The van der Waals surface area contributed by atoms with Gasteiger partial charge >= 0.3 is 0 Å². The van der Waals surface area contributed by atoms with Crippen molar-refractivity contribution in [2.75, 3.05) is 18.8 Å². The summed E-state index contributed by atoms with van der Waals surface area (Å²) in [4.78, 5) is 17.5. The van der Waals surface area contributed by atoms with Gasteiger partial charge < -0.3 is 11.1 Å². The minimum atomic E-state index is 0.0101. The molecule has 1 atom stereocenters. The molecule has 8 heteroatoms. The summed E-state index contributed by atoms with van der Waals surface area (Å²) in [5.74, 6) is 0.562. The van der Waals surface area contributed by atoms with Gasteiger partial charge in [0.15, 0.2) is 11.4 Å². The van der Waals surface area contributed by atoms with Crippen LogP contribution in [-0.2, 0) is 7.05 Å². The number of nitrogens with zero attached hydrogens (tertiary/aromatic N) is 5. The van der Waals surface area contributed by atoms with E-state index in [1.807, 2.05) is 20.2 Å². The van der Waals surface area contributed by atoms with Crippen LogP contribution in [0.25, 0.3) is 16.8 Å². The molecule has 1 aliphatic rings. The summed E-state index contributed by atoms with van der Waals surface area (Å²) < 4.78 is 3.31. The zero-order valence-corrected chi connectivity index (χ0v) is 15.1. The van der Waals surface area contributed by atoms with E-state index in [0.717, 1.165) is 42.8 Å². The fourth-order valence-corrected chi connectivity index (χ4v) is 3.64. The molecule has 136 valence electrons. The third-order valence-electron chi connectivity index (χ3n) is 5.01. The van der Waals surface area contributed by atoms with E-state index in [0.29, 0.717) is 23.4 Å². The normalized spacial score (nSPS) is 17.7. The van der Waals surface area contributed by atoms with Crippen LogP contribution in [-0.4, -0.2) is 43.3 Å². The third kappa shape index (κ3) is 2.66. The van der Waals surface area contributed by atoms with E-state index in [1.54, 1.807) is 21.6 Å². The molecule has 3 aromatic heterocycles. The maximum atomic E-state index is 12.6. The average Bonchev–Trinajstić information content (AvgIpc) is 3.27. The molecule has 4 rings (SSSR count). The van der Waals surface area contributed by atoms with Crippen molar-refractivity contribution in [3.63, 3.8) is 0 Å². The van der Waals surface area contributed by atoms with Crippen molar-refractivity contribution in [3.8, 4) is 11.1 Å². The highest BCUT2D eigenvalue weighted by molar-refractivity contribution is 6.01. The van der Waals surface area contributed by atoms with Crippen molar-refractivity contribution in [2.45, 2.75) is 32.1 Å². The van der Waals surface area contributed by atoms with Crippen molar-refractivity contribution < 1.29 is 4.79 Å². The summed E-state index contributed by atoms with van der Waals surface area (Å²) in [6, 6.07) is 0. The van der Waals surface area contributed by atoms with Crippen molar-refractivity contribution in [1.82, 2.24) is 29.7 Å². The van der Waals surface area contributed by atoms with Crippen molar-refractivity contribution in [3.05, 3.63) is 29.8 Å². The first-order valence-electron chi connectivity index (χ1n) is 9.00. The van der Waals surface area contributed by atoms with Gasteiger partial charge in [-0.3, -0.25) is 9.48 Å². The Kier molecular flexibility index (Phi) is 4.20. The lowest BCUT2D eigenvalue weighted by molar-refractivity contribution is 0.0986. The van der Waals surface area contributed by atoms with Crippen LogP contribution in [0.15, 0.2) is 18.6 Å². The van der Waals surface area contributed by atoms with Gasteiger partial charge in [0, 0.05) is 43.3 Å². The summed E-state index contributed by atoms with van der Waals surface area (Å²) in [7, 11) is 1.87. The molecule has 8 nitrogen and oxygen atoms in total. The van der Waals surface area contributed by atoms with E-state index in [-0.39, 0.29) is 11.7 Å². The van der Waals surface area contributed by atoms with Crippen molar-refractivity contribution in [1.29, 1.82) is 0 Å². The highest BCUT2D eigenvalue weighted by Gasteiger charge is 2.27. The quantitative estimate of drug-likeness (QED) is 0.693. The number of Topliss-reactive ketones (excluding diaryl/α,β-unsaturated/α-hetero) is 1. The van der Waals surface area contributed by atoms with E-state index in [2.05, 4.69) is 15.5 Å². The van der Waals surface area contributed by atoms with Crippen LogP contribution >= 0.6 is 0 Å². The zero-order chi connectivity index (χ0) is 18.3. The molecule has 0 amide bonds. The van der Waals surface area contributed by atoms with Gasteiger partial charge in [-0.2, -0.15) is 14.7 Å². The molecule has 0 bridgehead atoms. The summed E-state index contributed by atoms with van der Waals surface area (Å²) in [5.41, 5.74) is 10.2. The first kappa shape index (κ1) is 16.7. The first-order valence-corrected chi connectivity index (χ1v) is 9.00. The molecule has 1 unspecified atom stereocenters. The summed E-state index contributed by atoms with van der Waals surface area (Å²) in [6.07, 6.45) is 7.88. The first-order chi connectivity index (χ1) is 12.6. The van der Waals surface area contributed by atoms with Gasteiger partial charge in [0.2, 0.25) is 0 Å². The molecular weight excluding hydrogens is 330 g/mol. The molecule has 1 saturated heterocycles. The minimum Gasteiger partial charge on any atom is -0.383 e. The van der Waals surface area contributed by atoms with Gasteiger partial charge in [-0.05, 0) is 19.4 Å². The number of piperidine rings is 1. The molecule has 1 fully saturated rings. The largest absolute Gasteiger partial charge is 0.383 e. The maximum absolute atomic E-state index is 12.6. The molecule has 0 saturated carbocycles. The maximum Gasteiger partial charge on any atom is 0.168 e. The molecule has 0 radical (unpaired) electrons. The monoisotopic (exact) mass is 353 g/mol. The van der Waals surface area contributed by atoms with Crippen molar-refractivity contribution >= 4 is 17.2 Å². The number of hydrogen-bond donors (Lipinski definition) is 2. The van der Waals surface area contributed by atoms with Gasteiger partial charge in [0.05, 0.1) is 23.7 Å². The number of rotatable bonds is 4. The van der Waals surface area contributed by atoms with Crippen LogP contribution < -0.4 is 11.1 Å². The standard InChI is InChI=1S/C18H23N7O/c1-3-14(26)15-16(11-5-4-6-20-7-11)23-18-13(9-22-25(18)17(15)19)12-8-21-24(2)10-12/h8-11,20H,3-7,19H2,1-2H3. The minimum absolute atomic E-state index is 0.0101. The van der Waals surface area contributed by atoms with E-state index in [1.165, 1.54) is 0 Å². The van der Waals surface area contributed by atoms with Gasteiger partial charge in [-0.15, -0.1) is 0 Å². The van der Waals surface area contributed by atoms with E-state index in [4.69, 9.17) is 10.7 Å². The van der Waals surface area contributed by atoms with Crippen LogP contribution in [0.2, 0.25) is 0 Å². The highest BCUT2D eigenvalue weighted by Crippen LogP contribution is 2.32. The number of nitrogens with one attached hydrogen (secondary N) is 1. The molecule has 0 aliphatic carbocycles. The summed E-state index contributed by atoms with van der Waals surface area (Å²) >= 11 is 0. The van der Waals surface area contributed by atoms with Gasteiger partial charge in [0.25, 0.3) is 0 Å². The van der Waals surface area contributed by atoms with Gasteiger partial charge in [0.1, 0.15) is 5.82 Å². The van der Waals surface area contributed by atoms with Gasteiger partial charge in [-0.1, -0.05) is 6.92 Å². The smallest absolute Gasteiger partial charge is 0.168 e. The van der Waals surface area contributed by atoms with Crippen molar-refractivity contribution in [2.24, 2.45) is 7.05 Å². The van der Waals surface area contributed by atoms with E-state index >= 15 is 0 Å². The molecule has 1 aliphatic heterocycles. The third-order valence-corrected chi connectivity index (χ3v) is 5.01. The number of fused-ring (bicyclic) bond motifs is 1. The summed E-state index contributed by atoms with van der Waals surface area (Å²) in [5, 5.41) is 12.0. The molecular formula is C18H23N7O. The number of carbonyl (C=O) groups excluding carboxylic acids is 1. The number of anilines is 1. The molecule has 0 aromatic carbocycles. The lowest BCUT2D eigenvalue weighted by atomic mass is 9.91. The Morgan fingerprint density at radius 1 is 1.38 bits per heavy atom. The highest BCUT2D eigenvalue weighted by atomic mass is 16.1.